The number of benzene rings is 4. The molecule has 0 heterocycles. The fourth-order valence-corrected chi connectivity index (χ4v) is 6.43. The van der Waals surface area contributed by atoms with Gasteiger partial charge in [0.15, 0.2) is 0 Å². The molecule has 0 radical (unpaired) electrons. The van der Waals surface area contributed by atoms with E-state index in [0.29, 0.717) is 6.54 Å². The van der Waals surface area contributed by atoms with E-state index in [2.05, 4.69) is 5.32 Å². The van der Waals surface area contributed by atoms with Crippen LogP contribution in [-0.2, 0) is 32.6 Å². The summed E-state index contributed by atoms with van der Waals surface area (Å²) in [7, 11) is -4.21. The maximum atomic E-state index is 14.4. The second kappa shape index (κ2) is 14.8. The van der Waals surface area contributed by atoms with Crippen molar-refractivity contribution >= 4 is 39.1 Å². The highest BCUT2D eigenvalue weighted by atomic mass is 35.5. The van der Waals surface area contributed by atoms with Gasteiger partial charge in [0.05, 0.1) is 15.6 Å². The molecule has 9 heteroatoms. The summed E-state index contributed by atoms with van der Waals surface area (Å²) in [4.78, 5) is 29.5. The van der Waals surface area contributed by atoms with Gasteiger partial charge < -0.3 is 10.2 Å². The van der Waals surface area contributed by atoms with E-state index in [1.807, 2.05) is 74.5 Å². The molecule has 1 atom stereocenters. The van der Waals surface area contributed by atoms with E-state index >= 15 is 0 Å². The molecular formula is C34H36ClN3O4S. The molecule has 0 aliphatic heterocycles. The fourth-order valence-electron chi connectivity index (χ4n) is 4.70. The third kappa shape index (κ3) is 8.24. The summed E-state index contributed by atoms with van der Waals surface area (Å²) in [6, 6.07) is 30.9. The Labute approximate surface area is 259 Å². The number of nitrogens with one attached hydrogen (secondary N) is 1. The molecule has 0 unspecified atom stereocenters. The van der Waals surface area contributed by atoms with Crippen LogP contribution in [0.4, 0.5) is 5.69 Å². The average molecular weight is 618 g/mol. The third-order valence-electron chi connectivity index (χ3n) is 7.03. The number of aryl methyl sites for hydroxylation is 1. The van der Waals surface area contributed by atoms with Crippen molar-refractivity contribution in [3.63, 3.8) is 0 Å². The second-order valence-corrected chi connectivity index (χ2v) is 12.5. The number of para-hydroxylation sites is 1. The van der Waals surface area contributed by atoms with Gasteiger partial charge in [-0.05, 0) is 48.7 Å². The smallest absolute Gasteiger partial charge is 0.264 e. The van der Waals surface area contributed by atoms with E-state index in [4.69, 9.17) is 11.6 Å². The van der Waals surface area contributed by atoms with E-state index < -0.39 is 28.5 Å². The van der Waals surface area contributed by atoms with Crippen LogP contribution in [-0.4, -0.2) is 44.3 Å². The predicted octanol–water partition coefficient (Wildman–Crippen LogP) is 6.01. The van der Waals surface area contributed by atoms with Crippen LogP contribution in [0.1, 0.15) is 30.0 Å². The Morgan fingerprint density at radius 2 is 1.40 bits per heavy atom. The number of amides is 2. The van der Waals surface area contributed by atoms with Crippen LogP contribution < -0.4 is 9.62 Å². The molecule has 1 N–H and O–H groups in total. The van der Waals surface area contributed by atoms with Gasteiger partial charge in [0, 0.05) is 19.5 Å². The van der Waals surface area contributed by atoms with Gasteiger partial charge in [-0.1, -0.05) is 109 Å². The first-order valence-electron chi connectivity index (χ1n) is 14.2. The molecule has 0 spiro atoms. The summed E-state index contributed by atoms with van der Waals surface area (Å²) in [5.74, 6) is -0.840. The van der Waals surface area contributed by atoms with Gasteiger partial charge in [-0.3, -0.25) is 13.9 Å². The van der Waals surface area contributed by atoms with Crippen LogP contribution >= 0.6 is 11.6 Å². The van der Waals surface area contributed by atoms with E-state index in [1.165, 1.54) is 17.0 Å². The van der Waals surface area contributed by atoms with Crippen LogP contribution in [0.2, 0.25) is 5.02 Å². The lowest BCUT2D eigenvalue weighted by Gasteiger charge is -2.34. The summed E-state index contributed by atoms with van der Waals surface area (Å²) in [5, 5.41) is 3.13. The normalized spacial score (nSPS) is 11.9. The van der Waals surface area contributed by atoms with Gasteiger partial charge in [0.1, 0.15) is 12.6 Å². The fraction of sp³-hybridized carbons (Fsp3) is 0.235. The molecule has 224 valence electrons. The highest BCUT2D eigenvalue weighted by Crippen LogP contribution is 2.31. The average Bonchev–Trinajstić information content (AvgIpc) is 3.02. The van der Waals surface area contributed by atoms with Gasteiger partial charge >= 0.3 is 0 Å². The lowest BCUT2D eigenvalue weighted by Crippen LogP contribution is -2.53. The van der Waals surface area contributed by atoms with Crippen LogP contribution in [0, 0.1) is 6.92 Å². The molecule has 7 nitrogen and oxygen atoms in total. The SMILES string of the molecule is CCCNC(=O)[C@@H](Cc1ccccc1)N(Cc1ccccc1)C(=O)CN(c1ccccc1Cl)S(=O)(=O)c1ccc(C)cc1. The van der Waals surface area contributed by atoms with Gasteiger partial charge in [-0.25, -0.2) is 8.42 Å². The maximum Gasteiger partial charge on any atom is 0.264 e. The largest absolute Gasteiger partial charge is 0.354 e. The van der Waals surface area contributed by atoms with Crippen molar-refractivity contribution in [1.29, 1.82) is 0 Å². The Morgan fingerprint density at radius 1 is 0.814 bits per heavy atom. The van der Waals surface area contributed by atoms with Crippen LogP contribution in [0.25, 0.3) is 0 Å². The highest BCUT2D eigenvalue weighted by molar-refractivity contribution is 7.92. The van der Waals surface area contributed by atoms with Crippen molar-refractivity contribution in [1.82, 2.24) is 10.2 Å². The quantitative estimate of drug-likeness (QED) is 0.199. The van der Waals surface area contributed by atoms with Crippen molar-refractivity contribution in [3.05, 3.63) is 131 Å². The molecule has 0 fully saturated rings. The summed E-state index contributed by atoms with van der Waals surface area (Å²) >= 11 is 6.51. The Balaban J connectivity index is 1.79. The number of halogens is 1. The van der Waals surface area contributed by atoms with Crippen molar-refractivity contribution < 1.29 is 18.0 Å². The molecule has 43 heavy (non-hydrogen) atoms. The number of carbonyl (C=O) groups is 2. The molecule has 4 aromatic carbocycles. The zero-order valence-corrected chi connectivity index (χ0v) is 25.9. The monoisotopic (exact) mass is 617 g/mol. The maximum absolute atomic E-state index is 14.4. The molecule has 0 aromatic heterocycles. The molecule has 0 aliphatic carbocycles. The molecule has 4 aromatic rings. The van der Waals surface area contributed by atoms with E-state index in [9.17, 15) is 18.0 Å². The summed E-state index contributed by atoms with van der Waals surface area (Å²) in [6.07, 6.45) is 0.983. The Kier molecular flexibility index (Phi) is 11.0. The molecule has 0 aliphatic rings. The van der Waals surface area contributed by atoms with Gasteiger partial charge in [-0.2, -0.15) is 0 Å². The van der Waals surface area contributed by atoms with E-state index in [-0.39, 0.29) is 34.5 Å². The van der Waals surface area contributed by atoms with Crippen molar-refractivity contribution in [2.24, 2.45) is 0 Å². The molecule has 0 saturated carbocycles. The van der Waals surface area contributed by atoms with Gasteiger partial charge in [0.2, 0.25) is 11.8 Å². The van der Waals surface area contributed by atoms with Gasteiger partial charge in [0.25, 0.3) is 10.0 Å². The minimum atomic E-state index is -4.21. The topological polar surface area (TPSA) is 86.8 Å². The standard InChI is InChI=1S/C34H36ClN3O4S/c1-3-22-36-34(40)32(23-27-12-6-4-7-13-27)37(24-28-14-8-5-9-15-28)33(39)25-38(31-17-11-10-16-30(31)35)43(41,42)29-20-18-26(2)19-21-29/h4-21,32H,3,22-25H2,1-2H3,(H,36,40)/t32-/m1/s1. The number of hydrogen-bond donors (Lipinski definition) is 1. The predicted molar refractivity (Wildman–Crippen MR) is 171 cm³/mol. The molecule has 2 amide bonds. The third-order valence-corrected chi connectivity index (χ3v) is 9.12. The van der Waals surface area contributed by atoms with E-state index in [1.54, 1.807) is 36.4 Å². The number of nitrogens with zero attached hydrogens (tertiary/aromatic N) is 2. The summed E-state index contributed by atoms with van der Waals surface area (Å²) in [5.41, 5.74) is 2.76. The molecule has 0 bridgehead atoms. The minimum absolute atomic E-state index is 0.0296. The van der Waals surface area contributed by atoms with Crippen molar-refractivity contribution in [2.75, 3.05) is 17.4 Å². The molecule has 0 saturated heterocycles. The first kappa shape index (κ1) is 31.8. The zero-order valence-electron chi connectivity index (χ0n) is 24.3. The van der Waals surface area contributed by atoms with Crippen LogP contribution in [0.3, 0.4) is 0 Å². The van der Waals surface area contributed by atoms with Crippen LogP contribution in [0.5, 0.6) is 0 Å². The van der Waals surface area contributed by atoms with Crippen molar-refractivity contribution in [3.8, 4) is 0 Å². The number of hydrogen-bond acceptors (Lipinski definition) is 4. The Morgan fingerprint density at radius 3 is 2.00 bits per heavy atom. The highest BCUT2D eigenvalue weighted by Gasteiger charge is 2.35. The number of carbonyl (C=O) groups excluding carboxylic acids is 2. The van der Waals surface area contributed by atoms with Crippen LogP contribution in [0.15, 0.2) is 114 Å². The van der Waals surface area contributed by atoms with E-state index in [0.717, 1.165) is 27.4 Å². The van der Waals surface area contributed by atoms with Crippen molar-refractivity contribution in [2.45, 2.75) is 44.2 Å². The lowest BCUT2D eigenvalue weighted by atomic mass is 10.0. The Hall–Kier alpha value is -4.14. The zero-order chi connectivity index (χ0) is 30.8. The Bertz CT molecular complexity index is 1610. The number of anilines is 1. The number of rotatable bonds is 13. The minimum Gasteiger partial charge on any atom is -0.354 e. The summed E-state index contributed by atoms with van der Waals surface area (Å²) in [6.45, 7) is 3.82. The first-order valence-corrected chi connectivity index (χ1v) is 16.0. The lowest BCUT2D eigenvalue weighted by molar-refractivity contribution is -0.140. The summed E-state index contributed by atoms with van der Waals surface area (Å²) < 4.78 is 29.2. The first-order chi connectivity index (χ1) is 20.7. The molecule has 4 rings (SSSR count). The second-order valence-electron chi connectivity index (χ2n) is 10.3. The molecular weight excluding hydrogens is 582 g/mol. The van der Waals surface area contributed by atoms with Gasteiger partial charge in [-0.15, -0.1) is 0 Å². The number of sulfonamides is 1.